The molecule has 0 radical (unpaired) electrons. The van der Waals surface area contributed by atoms with Gasteiger partial charge in [0.1, 0.15) is 5.82 Å². The number of hydrogen-bond donors (Lipinski definition) is 2. The van der Waals surface area contributed by atoms with Crippen molar-refractivity contribution in [3.05, 3.63) is 17.7 Å². The predicted molar refractivity (Wildman–Crippen MR) is 75.0 cm³/mol. The molecule has 90 valence electrons. The lowest BCUT2D eigenvalue weighted by atomic mass is 10.2. The molecule has 1 aromatic heterocycles. The van der Waals surface area contributed by atoms with Gasteiger partial charge < -0.3 is 16.0 Å². The highest BCUT2D eigenvalue weighted by Crippen LogP contribution is 2.14. The summed E-state index contributed by atoms with van der Waals surface area (Å²) < 4.78 is 2.24. The molecule has 1 aromatic rings. The Balaban J connectivity index is 0.00000128. The molecule has 16 heavy (non-hydrogen) atoms. The smallest absolute Gasteiger partial charge is 0.185 e. The number of hydrogen-bond acceptors (Lipinski definition) is 2. The van der Waals surface area contributed by atoms with Gasteiger partial charge in [-0.1, -0.05) is 0 Å². The third kappa shape index (κ3) is 3.36. The lowest BCUT2D eigenvalue weighted by Crippen LogP contribution is -2.23. The van der Waals surface area contributed by atoms with E-state index in [1.165, 1.54) is 18.7 Å². The van der Waals surface area contributed by atoms with Crippen molar-refractivity contribution in [3.63, 3.8) is 0 Å². The van der Waals surface area contributed by atoms with Crippen LogP contribution in [0.5, 0.6) is 0 Å². The number of halogens is 1. The fraction of sp³-hybridized carbons (Fsp3) is 0.600. The Morgan fingerprint density at radius 2 is 2.25 bits per heavy atom. The number of aryl methyl sites for hydroxylation is 2. The first-order valence-corrected chi connectivity index (χ1v) is 5.36. The highest BCUT2D eigenvalue weighted by Gasteiger charge is 2.11. The molecule has 2 heterocycles. The number of aromatic nitrogens is 2. The topological polar surface area (TPSA) is 82.2 Å². The number of rotatable bonds is 3. The molecular formula is C10H18IN5. The van der Waals surface area contributed by atoms with Crippen molar-refractivity contribution in [2.45, 2.75) is 32.2 Å². The van der Waals surface area contributed by atoms with Gasteiger partial charge >= 0.3 is 0 Å². The highest BCUT2D eigenvalue weighted by atomic mass is 127. The summed E-state index contributed by atoms with van der Waals surface area (Å²) in [4.78, 5) is 8.51. The monoisotopic (exact) mass is 335 g/mol. The van der Waals surface area contributed by atoms with Crippen molar-refractivity contribution < 1.29 is 0 Å². The SMILES string of the molecule is I.NC(N)=NCCc1cn2c(n1)CCCC2. The number of nitrogens with two attached hydrogens (primary N) is 2. The first kappa shape index (κ1) is 13.3. The van der Waals surface area contributed by atoms with Gasteiger partial charge in [0, 0.05) is 32.1 Å². The number of nitrogens with zero attached hydrogens (tertiary/aromatic N) is 3. The summed E-state index contributed by atoms with van der Waals surface area (Å²) >= 11 is 0. The normalized spacial score (nSPS) is 13.8. The minimum Gasteiger partial charge on any atom is -0.370 e. The number of aliphatic imine (C=N–C) groups is 1. The van der Waals surface area contributed by atoms with Crippen LogP contribution in [0, 0.1) is 0 Å². The van der Waals surface area contributed by atoms with E-state index in [1.807, 2.05) is 0 Å². The molecule has 0 fully saturated rings. The van der Waals surface area contributed by atoms with Gasteiger partial charge in [-0.25, -0.2) is 4.98 Å². The van der Waals surface area contributed by atoms with E-state index >= 15 is 0 Å². The third-order valence-corrected chi connectivity index (χ3v) is 2.62. The largest absolute Gasteiger partial charge is 0.370 e. The van der Waals surface area contributed by atoms with Crippen LogP contribution in [0.4, 0.5) is 0 Å². The number of guanidine groups is 1. The summed E-state index contributed by atoms with van der Waals surface area (Å²) in [6, 6.07) is 0. The van der Waals surface area contributed by atoms with Crippen LogP contribution >= 0.6 is 24.0 Å². The Morgan fingerprint density at radius 3 is 2.94 bits per heavy atom. The summed E-state index contributed by atoms with van der Waals surface area (Å²) in [5, 5.41) is 0. The van der Waals surface area contributed by atoms with Crippen molar-refractivity contribution in [2.24, 2.45) is 16.5 Å². The Hall–Kier alpha value is -0.790. The molecule has 0 saturated heterocycles. The van der Waals surface area contributed by atoms with Gasteiger partial charge in [-0.3, -0.25) is 4.99 Å². The summed E-state index contributed by atoms with van der Waals surface area (Å²) in [5.74, 6) is 1.36. The molecule has 1 aliphatic rings. The van der Waals surface area contributed by atoms with E-state index in [-0.39, 0.29) is 29.9 Å². The Morgan fingerprint density at radius 1 is 1.44 bits per heavy atom. The third-order valence-electron chi connectivity index (χ3n) is 2.62. The molecule has 6 heteroatoms. The van der Waals surface area contributed by atoms with Crippen LogP contribution in [0.25, 0.3) is 0 Å². The van der Waals surface area contributed by atoms with Gasteiger partial charge in [0.2, 0.25) is 0 Å². The van der Waals surface area contributed by atoms with E-state index in [2.05, 4.69) is 20.7 Å². The zero-order valence-electron chi connectivity index (χ0n) is 9.22. The van der Waals surface area contributed by atoms with E-state index in [0.29, 0.717) is 6.54 Å². The lowest BCUT2D eigenvalue weighted by molar-refractivity contribution is 0.522. The standard InChI is InChI=1S/C10H17N5.HI/c11-10(12)13-5-4-8-7-15-6-2-1-3-9(15)14-8;/h7H,1-6H2,(H4,11,12,13);1H. The summed E-state index contributed by atoms with van der Waals surface area (Å²) in [5.41, 5.74) is 11.6. The fourth-order valence-corrected chi connectivity index (χ4v) is 1.89. The second kappa shape index (κ2) is 6.07. The summed E-state index contributed by atoms with van der Waals surface area (Å²) in [6.07, 6.45) is 6.55. The summed E-state index contributed by atoms with van der Waals surface area (Å²) in [7, 11) is 0. The Labute approximate surface area is 112 Å². The average Bonchev–Trinajstić information content (AvgIpc) is 2.59. The van der Waals surface area contributed by atoms with Crippen molar-refractivity contribution in [1.82, 2.24) is 9.55 Å². The zero-order chi connectivity index (χ0) is 10.7. The highest BCUT2D eigenvalue weighted by molar-refractivity contribution is 14.0. The molecule has 0 saturated carbocycles. The predicted octanol–water partition coefficient (Wildman–Crippen LogP) is 0.653. The molecule has 5 nitrogen and oxygen atoms in total. The van der Waals surface area contributed by atoms with Crippen LogP contribution in [-0.4, -0.2) is 22.1 Å². The van der Waals surface area contributed by atoms with Crippen molar-refractivity contribution in [2.75, 3.05) is 6.54 Å². The molecule has 0 atom stereocenters. The first-order valence-electron chi connectivity index (χ1n) is 5.36. The molecule has 0 aromatic carbocycles. The quantitative estimate of drug-likeness (QED) is 0.483. The van der Waals surface area contributed by atoms with Crippen molar-refractivity contribution in [3.8, 4) is 0 Å². The molecular weight excluding hydrogens is 317 g/mol. The van der Waals surface area contributed by atoms with E-state index < -0.39 is 0 Å². The zero-order valence-corrected chi connectivity index (χ0v) is 11.6. The van der Waals surface area contributed by atoms with Gasteiger partial charge in [-0.2, -0.15) is 0 Å². The minimum absolute atomic E-state index is 0. The van der Waals surface area contributed by atoms with E-state index in [1.54, 1.807) is 0 Å². The average molecular weight is 335 g/mol. The van der Waals surface area contributed by atoms with Crippen LogP contribution in [0.1, 0.15) is 24.4 Å². The molecule has 0 amide bonds. The lowest BCUT2D eigenvalue weighted by Gasteiger charge is -2.11. The van der Waals surface area contributed by atoms with Crippen LogP contribution in [0.15, 0.2) is 11.2 Å². The number of fused-ring (bicyclic) bond motifs is 1. The van der Waals surface area contributed by atoms with Crippen LogP contribution in [-0.2, 0) is 19.4 Å². The van der Waals surface area contributed by atoms with Gasteiger partial charge in [0.15, 0.2) is 5.96 Å². The second-order valence-corrected chi connectivity index (χ2v) is 3.86. The van der Waals surface area contributed by atoms with Gasteiger partial charge in [0.05, 0.1) is 5.69 Å². The van der Waals surface area contributed by atoms with E-state index in [4.69, 9.17) is 11.5 Å². The Bertz CT molecular complexity index is 344. The van der Waals surface area contributed by atoms with E-state index in [9.17, 15) is 0 Å². The molecule has 0 spiro atoms. The molecule has 0 aliphatic carbocycles. The van der Waals surface area contributed by atoms with Crippen LogP contribution in [0.3, 0.4) is 0 Å². The second-order valence-electron chi connectivity index (χ2n) is 3.86. The first-order chi connectivity index (χ1) is 7.25. The van der Waals surface area contributed by atoms with Gasteiger partial charge in [-0.15, -0.1) is 24.0 Å². The molecule has 0 bridgehead atoms. The van der Waals surface area contributed by atoms with Crippen LogP contribution < -0.4 is 11.5 Å². The van der Waals surface area contributed by atoms with Crippen molar-refractivity contribution >= 4 is 29.9 Å². The maximum atomic E-state index is 5.26. The molecule has 4 N–H and O–H groups in total. The van der Waals surface area contributed by atoms with Crippen molar-refractivity contribution in [1.29, 1.82) is 0 Å². The Kier molecular flexibility index (Phi) is 5.04. The maximum Gasteiger partial charge on any atom is 0.185 e. The molecule has 2 rings (SSSR count). The van der Waals surface area contributed by atoms with Crippen LogP contribution in [0.2, 0.25) is 0 Å². The fourth-order valence-electron chi connectivity index (χ4n) is 1.89. The minimum atomic E-state index is 0. The van der Waals surface area contributed by atoms with Gasteiger partial charge in [-0.05, 0) is 12.8 Å². The maximum absolute atomic E-state index is 5.26. The number of imidazole rings is 1. The molecule has 0 unspecified atom stereocenters. The van der Waals surface area contributed by atoms with E-state index in [0.717, 1.165) is 25.1 Å². The summed E-state index contributed by atoms with van der Waals surface area (Å²) in [6.45, 7) is 1.73. The molecule has 1 aliphatic heterocycles. The van der Waals surface area contributed by atoms with Gasteiger partial charge in [0.25, 0.3) is 0 Å².